The van der Waals surface area contributed by atoms with Crippen molar-refractivity contribution in [2.45, 2.75) is 11.2 Å². The summed E-state index contributed by atoms with van der Waals surface area (Å²) in [5.41, 5.74) is 0.479. The quantitative estimate of drug-likeness (QED) is 0.795. The third kappa shape index (κ3) is 2.12. The molecule has 1 aromatic rings. The predicted molar refractivity (Wildman–Crippen MR) is 85.0 cm³/mol. The zero-order chi connectivity index (χ0) is 16.9. The summed E-state index contributed by atoms with van der Waals surface area (Å²) in [7, 11) is -1.62. The van der Waals surface area contributed by atoms with Crippen molar-refractivity contribution in [1.82, 2.24) is 4.90 Å². The fourth-order valence-corrected chi connectivity index (χ4v) is 6.26. The molecule has 3 heterocycles. The van der Waals surface area contributed by atoms with E-state index in [1.165, 1.54) is 0 Å². The number of carbonyl (C=O) groups is 1. The fourth-order valence-electron chi connectivity index (χ4n) is 3.86. The molecule has 2 saturated heterocycles. The van der Waals surface area contributed by atoms with Crippen molar-refractivity contribution < 1.29 is 27.4 Å². The number of likely N-dealkylation sites (tertiary alicyclic amines) is 1. The number of ether oxygens (including phenoxy) is 3. The Hall–Kier alpha value is -1.80. The van der Waals surface area contributed by atoms with E-state index < -0.39 is 14.6 Å². The first-order valence-electron chi connectivity index (χ1n) is 7.87. The lowest BCUT2D eigenvalue weighted by Gasteiger charge is -2.49. The molecule has 24 heavy (non-hydrogen) atoms. The van der Waals surface area contributed by atoms with E-state index in [9.17, 15) is 13.2 Å². The Labute approximate surface area is 140 Å². The molecule has 0 aliphatic carbocycles. The van der Waals surface area contributed by atoms with Crippen LogP contribution in [0.4, 0.5) is 0 Å². The van der Waals surface area contributed by atoms with Crippen LogP contribution in [-0.4, -0.2) is 63.3 Å². The third-order valence-corrected chi connectivity index (χ3v) is 7.89. The number of benzene rings is 1. The number of fused-ring (bicyclic) bond motifs is 1. The summed E-state index contributed by atoms with van der Waals surface area (Å²) >= 11 is 0. The first-order chi connectivity index (χ1) is 11.5. The van der Waals surface area contributed by atoms with Crippen LogP contribution in [0.1, 0.15) is 16.8 Å². The Kier molecular flexibility index (Phi) is 3.50. The standard InChI is InChI=1S/C16H19NO6S/c1-21-7-12-4-5-24(19,20)16(12)8-17(9-16)15(18)11-2-3-13-14(6-11)23-10-22-13/h2-3,6,12H,4-5,7-10H2,1H3/t12-/m0/s1. The van der Waals surface area contributed by atoms with E-state index in [1.807, 2.05) is 0 Å². The van der Waals surface area contributed by atoms with Crippen LogP contribution in [0.3, 0.4) is 0 Å². The minimum absolute atomic E-state index is 0.0479. The van der Waals surface area contributed by atoms with Gasteiger partial charge in [0.2, 0.25) is 6.79 Å². The van der Waals surface area contributed by atoms with Gasteiger partial charge in [-0.05, 0) is 24.6 Å². The highest BCUT2D eigenvalue weighted by Gasteiger charge is 2.62. The van der Waals surface area contributed by atoms with Gasteiger partial charge >= 0.3 is 0 Å². The van der Waals surface area contributed by atoms with Gasteiger partial charge in [0.25, 0.3) is 5.91 Å². The van der Waals surface area contributed by atoms with Crippen molar-refractivity contribution in [3.8, 4) is 11.5 Å². The monoisotopic (exact) mass is 353 g/mol. The highest BCUT2D eigenvalue weighted by molar-refractivity contribution is 7.93. The largest absolute Gasteiger partial charge is 0.454 e. The summed E-state index contributed by atoms with van der Waals surface area (Å²) in [6.45, 7) is 1.02. The van der Waals surface area contributed by atoms with Crippen LogP contribution >= 0.6 is 0 Å². The van der Waals surface area contributed by atoms with Crippen LogP contribution in [0, 0.1) is 5.92 Å². The van der Waals surface area contributed by atoms with E-state index in [1.54, 1.807) is 30.2 Å². The Morgan fingerprint density at radius 2 is 2.08 bits per heavy atom. The lowest BCUT2D eigenvalue weighted by molar-refractivity contribution is 0.0336. The molecule has 4 rings (SSSR count). The number of nitrogens with zero attached hydrogens (tertiary/aromatic N) is 1. The third-order valence-electron chi connectivity index (χ3n) is 5.29. The van der Waals surface area contributed by atoms with Crippen LogP contribution in [0.2, 0.25) is 0 Å². The Balaban J connectivity index is 1.53. The topological polar surface area (TPSA) is 82.1 Å². The molecule has 0 N–H and O–H groups in total. The number of rotatable bonds is 3. The molecule has 0 saturated carbocycles. The highest BCUT2D eigenvalue weighted by atomic mass is 32.2. The highest BCUT2D eigenvalue weighted by Crippen LogP contribution is 2.45. The number of hydrogen-bond donors (Lipinski definition) is 0. The smallest absolute Gasteiger partial charge is 0.254 e. The molecular weight excluding hydrogens is 334 g/mol. The van der Waals surface area contributed by atoms with Crippen LogP contribution in [0.5, 0.6) is 11.5 Å². The molecule has 1 amide bonds. The van der Waals surface area contributed by atoms with Gasteiger partial charge in [0, 0.05) is 31.7 Å². The molecular formula is C16H19NO6S. The van der Waals surface area contributed by atoms with Gasteiger partial charge in [-0.15, -0.1) is 0 Å². The molecule has 0 unspecified atom stereocenters. The summed E-state index contributed by atoms with van der Waals surface area (Å²) in [4.78, 5) is 14.2. The van der Waals surface area contributed by atoms with Crippen LogP contribution in [0.25, 0.3) is 0 Å². The molecule has 3 aliphatic heterocycles. The number of amides is 1. The second-order valence-corrected chi connectivity index (χ2v) is 9.00. The van der Waals surface area contributed by atoms with Gasteiger partial charge < -0.3 is 19.1 Å². The second-order valence-electron chi connectivity index (χ2n) is 6.55. The average molecular weight is 353 g/mol. The first-order valence-corrected chi connectivity index (χ1v) is 9.52. The molecule has 0 bridgehead atoms. The Morgan fingerprint density at radius 3 is 2.83 bits per heavy atom. The Morgan fingerprint density at radius 1 is 1.33 bits per heavy atom. The van der Waals surface area contributed by atoms with E-state index in [0.717, 1.165) is 0 Å². The van der Waals surface area contributed by atoms with Gasteiger partial charge in [0.1, 0.15) is 4.75 Å². The molecule has 1 atom stereocenters. The lowest BCUT2D eigenvalue weighted by atomic mass is 9.83. The van der Waals surface area contributed by atoms with Gasteiger partial charge in [-0.1, -0.05) is 0 Å². The summed E-state index contributed by atoms with van der Waals surface area (Å²) in [5.74, 6) is 1.10. The maximum atomic E-state index is 12.6. The van der Waals surface area contributed by atoms with Crippen LogP contribution in [0.15, 0.2) is 18.2 Å². The SMILES string of the molecule is COC[C@@H]1CCS(=O)(=O)C12CN(C(=O)c1ccc3c(c1)OCO3)C2. The molecule has 0 radical (unpaired) electrons. The van der Waals surface area contributed by atoms with Crippen molar-refractivity contribution in [3.05, 3.63) is 23.8 Å². The zero-order valence-corrected chi connectivity index (χ0v) is 14.2. The van der Waals surface area contributed by atoms with Crippen LogP contribution in [-0.2, 0) is 14.6 Å². The predicted octanol–water partition coefficient (Wildman–Crippen LogP) is 0.691. The van der Waals surface area contributed by atoms with Gasteiger partial charge in [-0.3, -0.25) is 4.79 Å². The number of carbonyl (C=O) groups excluding carboxylic acids is 1. The molecule has 7 nitrogen and oxygen atoms in total. The maximum absolute atomic E-state index is 12.6. The van der Waals surface area contributed by atoms with Gasteiger partial charge in [-0.25, -0.2) is 8.42 Å². The molecule has 2 fully saturated rings. The molecule has 1 aromatic carbocycles. The molecule has 8 heteroatoms. The minimum Gasteiger partial charge on any atom is -0.454 e. The maximum Gasteiger partial charge on any atom is 0.254 e. The fraction of sp³-hybridized carbons (Fsp3) is 0.562. The number of sulfone groups is 1. The normalized spacial score (nSPS) is 25.7. The second kappa shape index (κ2) is 5.35. The minimum atomic E-state index is -3.20. The summed E-state index contributed by atoms with van der Waals surface area (Å²) in [6.07, 6.45) is 0.599. The van der Waals surface area contributed by atoms with Gasteiger partial charge in [-0.2, -0.15) is 0 Å². The summed E-state index contributed by atoms with van der Waals surface area (Å²) in [6, 6.07) is 5.02. The number of methoxy groups -OCH3 is 1. The number of hydrogen-bond acceptors (Lipinski definition) is 6. The van der Waals surface area contributed by atoms with Crippen LogP contribution < -0.4 is 9.47 Å². The molecule has 1 spiro atoms. The van der Waals surface area contributed by atoms with Gasteiger partial charge in [0.05, 0.1) is 12.4 Å². The van der Waals surface area contributed by atoms with E-state index >= 15 is 0 Å². The first kappa shape index (κ1) is 15.7. The summed E-state index contributed by atoms with van der Waals surface area (Å²) < 4.78 is 39.8. The van der Waals surface area contributed by atoms with Crippen molar-refractivity contribution in [2.24, 2.45) is 5.92 Å². The van der Waals surface area contributed by atoms with Crippen molar-refractivity contribution >= 4 is 15.7 Å². The Bertz CT molecular complexity index is 784. The van der Waals surface area contributed by atoms with E-state index in [4.69, 9.17) is 14.2 Å². The van der Waals surface area contributed by atoms with Gasteiger partial charge in [0.15, 0.2) is 21.3 Å². The lowest BCUT2D eigenvalue weighted by Crippen LogP contribution is -2.68. The summed E-state index contributed by atoms with van der Waals surface area (Å²) in [5, 5.41) is 0. The molecule has 3 aliphatic rings. The van der Waals surface area contributed by atoms with Crippen molar-refractivity contribution in [2.75, 3.05) is 39.4 Å². The zero-order valence-electron chi connectivity index (χ0n) is 13.4. The van der Waals surface area contributed by atoms with E-state index in [0.29, 0.717) is 30.1 Å². The van der Waals surface area contributed by atoms with Crippen molar-refractivity contribution in [1.29, 1.82) is 0 Å². The van der Waals surface area contributed by atoms with Crippen molar-refractivity contribution in [3.63, 3.8) is 0 Å². The molecule has 130 valence electrons. The van der Waals surface area contributed by atoms with E-state index in [-0.39, 0.29) is 37.5 Å². The molecule has 0 aromatic heterocycles. The average Bonchev–Trinajstić information content (AvgIpc) is 3.07. The van der Waals surface area contributed by atoms with E-state index in [2.05, 4.69) is 0 Å².